The van der Waals surface area contributed by atoms with E-state index in [0.29, 0.717) is 5.69 Å². The number of nitrogens with one attached hydrogen (secondary N) is 1. The minimum absolute atomic E-state index is 0.0944. The Morgan fingerprint density at radius 1 is 1.10 bits per heavy atom. The number of amides is 1. The number of benzene rings is 2. The molecule has 2 rings (SSSR count). The highest BCUT2D eigenvalue weighted by atomic mass is 35.5. The normalized spacial score (nSPS) is 10.1. The standard InChI is InChI=1S/C14H9ClFNO3/c15-9-3-6-12(16)11(7-9)13(18)17-10-4-1-8(2-5-10)14(19)20/h1-7H,(H,17,18)(H,19,20). The molecule has 1 amide bonds. The van der Waals surface area contributed by atoms with Gasteiger partial charge in [0, 0.05) is 10.7 Å². The van der Waals surface area contributed by atoms with Gasteiger partial charge in [-0.1, -0.05) is 11.6 Å². The molecule has 0 saturated carbocycles. The van der Waals surface area contributed by atoms with Crippen LogP contribution in [-0.4, -0.2) is 17.0 Å². The molecule has 0 fully saturated rings. The Bertz CT molecular complexity index is 671. The van der Waals surface area contributed by atoms with Gasteiger partial charge in [-0.3, -0.25) is 4.79 Å². The minimum atomic E-state index is -1.07. The Labute approximate surface area is 118 Å². The highest BCUT2D eigenvalue weighted by Gasteiger charge is 2.12. The Hall–Kier alpha value is -2.40. The van der Waals surface area contributed by atoms with Crippen LogP contribution in [0.3, 0.4) is 0 Å². The van der Waals surface area contributed by atoms with Crippen molar-refractivity contribution in [2.75, 3.05) is 5.32 Å². The van der Waals surface area contributed by atoms with Crippen LogP contribution < -0.4 is 5.32 Å². The molecule has 2 aromatic rings. The molecule has 0 unspecified atom stereocenters. The second-order valence-corrected chi connectivity index (χ2v) is 4.40. The van der Waals surface area contributed by atoms with Gasteiger partial charge in [-0.2, -0.15) is 0 Å². The number of carbonyl (C=O) groups is 2. The summed E-state index contributed by atoms with van der Waals surface area (Å²) in [6.45, 7) is 0. The fraction of sp³-hybridized carbons (Fsp3) is 0. The van der Waals surface area contributed by atoms with Crippen LogP contribution in [0.2, 0.25) is 5.02 Å². The average molecular weight is 294 g/mol. The zero-order valence-corrected chi connectivity index (χ0v) is 10.8. The maximum atomic E-state index is 13.5. The number of hydrogen-bond donors (Lipinski definition) is 2. The summed E-state index contributed by atoms with van der Waals surface area (Å²) in [5.74, 6) is -2.41. The molecule has 4 nitrogen and oxygen atoms in total. The first-order chi connectivity index (χ1) is 9.47. The zero-order chi connectivity index (χ0) is 14.7. The number of rotatable bonds is 3. The van der Waals surface area contributed by atoms with Gasteiger partial charge in [-0.05, 0) is 42.5 Å². The third-order valence-electron chi connectivity index (χ3n) is 2.56. The second kappa shape index (κ2) is 5.71. The van der Waals surface area contributed by atoms with E-state index in [2.05, 4.69) is 5.32 Å². The number of anilines is 1. The largest absolute Gasteiger partial charge is 0.478 e. The van der Waals surface area contributed by atoms with Crippen molar-refractivity contribution in [3.8, 4) is 0 Å². The van der Waals surface area contributed by atoms with E-state index in [-0.39, 0.29) is 16.1 Å². The lowest BCUT2D eigenvalue weighted by atomic mass is 10.1. The number of carboxylic acid groups (broad SMARTS) is 1. The van der Waals surface area contributed by atoms with Crippen molar-refractivity contribution in [2.24, 2.45) is 0 Å². The molecule has 0 atom stereocenters. The quantitative estimate of drug-likeness (QED) is 0.911. The molecule has 0 bridgehead atoms. The Kier molecular flexibility index (Phi) is 4.00. The van der Waals surface area contributed by atoms with Crippen molar-refractivity contribution in [1.29, 1.82) is 0 Å². The molecule has 0 radical (unpaired) electrons. The van der Waals surface area contributed by atoms with Crippen LogP contribution in [0, 0.1) is 5.82 Å². The maximum absolute atomic E-state index is 13.5. The average Bonchev–Trinajstić information content (AvgIpc) is 2.42. The van der Waals surface area contributed by atoms with Crippen molar-refractivity contribution in [2.45, 2.75) is 0 Å². The zero-order valence-electron chi connectivity index (χ0n) is 10.1. The first-order valence-corrected chi connectivity index (χ1v) is 5.95. The molecule has 0 aliphatic rings. The van der Waals surface area contributed by atoms with Gasteiger partial charge in [-0.15, -0.1) is 0 Å². The summed E-state index contributed by atoms with van der Waals surface area (Å²) in [7, 11) is 0. The summed E-state index contributed by atoms with van der Waals surface area (Å²) in [4.78, 5) is 22.6. The molecule has 0 aromatic heterocycles. The van der Waals surface area contributed by atoms with Crippen molar-refractivity contribution < 1.29 is 19.1 Å². The van der Waals surface area contributed by atoms with Crippen molar-refractivity contribution in [1.82, 2.24) is 0 Å². The monoisotopic (exact) mass is 293 g/mol. The van der Waals surface area contributed by atoms with Crippen molar-refractivity contribution in [3.05, 3.63) is 64.4 Å². The molecule has 0 spiro atoms. The molecule has 2 aromatic carbocycles. The van der Waals surface area contributed by atoms with Gasteiger partial charge < -0.3 is 10.4 Å². The van der Waals surface area contributed by atoms with E-state index in [1.54, 1.807) is 0 Å². The summed E-state index contributed by atoms with van der Waals surface area (Å²) in [6, 6.07) is 9.18. The van der Waals surface area contributed by atoms with E-state index in [9.17, 15) is 14.0 Å². The minimum Gasteiger partial charge on any atom is -0.478 e. The van der Waals surface area contributed by atoms with E-state index >= 15 is 0 Å². The molecule has 6 heteroatoms. The van der Waals surface area contributed by atoms with Crippen LogP contribution >= 0.6 is 11.6 Å². The molecule has 0 saturated heterocycles. The summed E-state index contributed by atoms with van der Waals surface area (Å²) < 4.78 is 13.5. The number of carbonyl (C=O) groups excluding carboxylic acids is 1. The number of aromatic carboxylic acids is 1. The Morgan fingerprint density at radius 3 is 2.35 bits per heavy atom. The van der Waals surface area contributed by atoms with Gasteiger partial charge in [-0.25, -0.2) is 9.18 Å². The third kappa shape index (κ3) is 3.13. The first-order valence-electron chi connectivity index (χ1n) is 5.57. The molecule has 2 N–H and O–H groups in total. The third-order valence-corrected chi connectivity index (χ3v) is 2.80. The molecule has 0 heterocycles. The molecule has 20 heavy (non-hydrogen) atoms. The van der Waals surface area contributed by atoms with Crippen molar-refractivity contribution >= 4 is 29.2 Å². The number of carboxylic acids is 1. The van der Waals surface area contributed by atoms with Crippen molar-refractivity contribution in [3.63, 3.8) is 0 Å². The van der Waals surface area contributed by atoms with Gasteiger partial charge in [0.1, 0.15) is 5.82 Å². The second-order valence-electron chi connectivity index (χ2n) is 3.96. The maximum Gasteiger partial charge on any atom is 0.335 e. The SMILES string of the molecule is O=C(O)c1ccc(NC(=O)c2cc(Cl)ccc2F)cc1. The van der Waals surface area contributed by atoms with E-state index in [4.69, 9.17) is 16.7 Å². The lowest BCUT2D eigenvalue weighted by molar-refractivity contribution is 0.0696. The van der Waals surface area contributed by atoms with Crippen LogP contribution in [0.1, 0.15) is 20.7 Å². The summed E-state index contributed by atoms with van der Waals surface area (Å²) in [6.07, 6.45) is 0. The van der Waals surface area contributed by atoms with Gasteiger partial charge in [0.15, 0.2) is 0 Å². The number of halogens is 2. The van der Waals surface area contributed by atoms with Crippen LogP contribution in [0.5, 0.6) is 0 Å². The van der Waals surface area contributed by atoms with Crippen LogP contribution in [0.25, 0.3) is 0 Å². The molecule has 0 aliphatic heterocycles. The molecular weight excluding hydrogens is 285 g/mol. The van der Waals surface area contributed by atoms with E-state index < -0.39 is 17.7 Å². The Morgan fingerprint density at radius 2 is 1.75 bits per heavy atom. The highest BCUT2D eigenvalue weighted by Crippen LogP contribution is 2.17. The van der Waals surface area contributed by atoms with E-state index in [1.165, 1.54) is 36.4 Å². The smallest absolute Gasteiger partial charge is 0.335 e. The molecule has 102 valence electrons. The fourth-order valence-corrected chi connectivity index (χ4v) is 1.74. The highest BCUT2D eigenvalue weighted by molar-refractivity contribution is 6.31. The van der Waals surface area contributed by atoms with Crippen LogP contribution in [-0.2, 0) is 0 Å². The van der Waals surface area contributed by atoms with Gasteiger partial charge in [0.2, 0.25) is 0 Å². The van der Waals surface area contributed by atoms with E-state index in [0.717, 1.165) is 6.07 Å². The predicted octanol–water partition coefficient (Wildman–Crippen LogP) is 3.43. The number of hydrogen-bond acceptors (Lipinski definition) is 2. The van der Waals surface area contributed by atoms with E-state index in [1.807, 2.05) is 0 Å². The fourth-order valence-electron chi connectivity index (χ4n) is 1.57. The first kappa shape index (κ1) is 14.0. The van der Waals surface area contributed by atoms with Crippen LogP contribution in [0.15, 0.2) is 42.5 Å². The predicted molar refractivity (Wildman–Crippen MR) is 72.8 cm³/mol. The molecule has 0 aliphatic carbocycles. The topological polar surface area (TPSA) is 66.4 Å². The van der Waals surface area contributed by atoms with Gasteiger partial charge in [0.25, 0.3) is 5.91 Å². The lowest BCUT2D eigenvalue weighted by Gasteiger charge is -2.06. The van der Waals surface area contributed by atoms with Crippen LogP contribution in [0.4, 0.5) is 10.1 Å². The molecular formula is C14H9ClFNO3. The Balaban J connectivity index is 2.19. The summed E-state index contributed by atoms with van der Waals surface area (Å²) >= 11 is 5.71. The van der Waals surface area contributed by atoms with Gasteiger partial charge in [0.05, 0.1) is 11.1 Å². The van der Waals surface area contributed by atoms with Gasteiger partial charge >= 0.3 is 5.97 Å². The summed E-state index contributed by atoms with van der Waals surface area (Å²) in [5, 5.41) is 11.5. The lowest BCUT2D eigenvalue weighted by Crippen LogP contribution is -2.13. The summed E-state index contributed by atoms with van der Waals surface area (Å²) in [5.41, 5.74) is 0.274.